The Morgan fingerprint density at radius 3 is 2.38 bits per heavy atom. The van der Waals surface area contributed by atoms with Crippen LogP contribution in [0.4, 0.5) is 4.39 Å². The van der Waals surface area contributed by atoms with E-state index in [0.717, 1.165) is 12.1 Å². The summed E-state index contributed by atoms with van der Waals surface area (Å²) in [5, 5.41) is 19.0. The summed E-state index contributed by atoms with van der Waals surface area (Å²) in [4.78, 5) is 11.2. The van der Waals surface area contributed by atoms with Gasteiger partial charge >= 0.3 is 5.97 Å². The van der Waals surface area contributed by atoms with Gasteiger partial charge < -0.3 is 19.7 Å². The molecule has 0 aromatic heterocycles. The van der Waals surface area contributed by atoms with E-state index in [-0.39, 0.29) is 33.9 Å². The Labute approximate surface area is 120 Å². The summed E-state index contributed by atoms with van der Waals surface area (Å²) >= 11 is 0. The average Bonchev–Trinajstić information content (AvgIpc) is 2.48. The number of aromatic hydroxyl groups is 1. The zero-order chi connectivity index (χ0) is 15.6. The van der Waals surface area contributed by atoms with Crippen molar-refractivity contribution in [3.63, 3.8) is 0 Å². The highest BCUT2D eigenvalue weighted by Crippen LogP contribution is 2.42. The second-order valence-corrected chi connectivity index (χ2v) is 4.23. The van der Waals surface area contributed by atoms with Crippen molar-refractivity contribution in [3.8, 4) is 28.4 Å². The van der Waals surface area contributed by atoms with E-state index in [2.05, 4.69) is 0 Å². The van der Waals surface area contributed by atoms with E-state index in [1.54, 1.807) is 0 Å². The zero-order valence-corrected chi connectivity index (χ0v) is 11.4. The fraction of sp³-hybridized carbons (Fsp3) is 0.133. The molecule has 0 bridgehead atoms. The molecule has 5 nitrogen and oxygen atoms in total. The van der Waals surface area contributed by atoms with Crippen LogP contribution in [0.5, 0.6) is 17.2 Å². The molecule has 0 aliphatic rings. The molecule has 2 N–H and O–H groups in total. The molecule has 0 atom stereocenters. The van der Waals surface area contributed by atoms with E-state index in [1.807, 2.05) is 0 Å². The van der Waals surface area contributed by atoms with Crippen molar-refractivity contribution in [2.75, 3.05) is 14.2 Å². The molecule has 0 heterocycles. The van der Waals surface area contributed by atoms with E-state index in [9.17, 15) is 14.3 Å². The summed E-state index contributed by atoms with van der Waals surface area (Å²) in [6, 6.07) is 5.96. The highest BCUT2D eigenvalue weighted by molar-refractivity contribution is 5.92. The molecule has 0 saturated heterocycles. The third-order valence-corrected chi connectivity index (χ3v) is 2.97. The Morgan fingerprint density at radius 1 is 1.10 bits per heavy atom. The Kier molecular flexibility index (Phi) is 3.98. The first-order valence-electron chi connectivity index (χ1n) is 5.96. The van der Waals surface area contributed by atoms with Crippen molar-refractivity contribution in [3.05, 3.63) is 41.7 Å². The summed E-state index contributed by atoms with van der Waals surface area (Å²) in [5.41, 5.74) is 0.283. The lowest BCUT2D eigenvalue weighted by Gasteiger charge is -2.15. The van der Waals surface area contributed by atoms with Crippen molar-refractivity contribution in [1.29, 1.82) is 0 Å². The molecule has 0 aliphatic heterocycles. The summed E-state index contributed by atoms with van der Waals surface area (Å²) in [7, 11) is 2.73. The molecule has 6 heteroatoms. The maximum absolute atomic E-state index is 13.4. The molecule has 0 saturated carbocycles. The first kappa shape index (κ1) is 14.6. The summed E-state index contributed by atoms with van der Waals surface area (Å²) in [6.07, 6.45) is 0. The number of carbonyl (C=O) groups is 1. The second kappa shape index (κ2) is 5.70. The summed E-state index contributed by atoms with van der Waals surface area (Å²) in [5.74, 6) is -1.55. The Bertz CT molecular complexity index is 697. The largest absolute Gasteiger partial charge is 0.507 e. The molecule has 0 aliphatic carbocycles. The Balaban J connectivity index is 2.79. The lowest BCUT2D eigenvalue weighted by Crippen LogP contribution is -2.01. The zero-order valence-electron chi connectivity index (χ0n) is 11.4. The van der Waals surface area contributed by atoms with E-state index < -0.39 is 11.8 Å². The average molecular weight is 292 g/mol. The van der Waals surface area contributed by atoms with Crippen molar-refractivity contribution in [2.24, 2.45) is 0 Å². The first-order valence-corrected chi connectivity index (χ1v) is 5.96. The van der Waals surface area contributed by atoms with E-state index in [1.165, 1.54) is 32.4 Å². The van der Waals surface area contributed by atoms with E-state index in [4.69, 9.17) is 14.6 Å². The van der Waals surface area contributed by atoms with Gasteiger partial charge in [0.15, 0.2) is 11.5 Å². The molecule has 0 amide bonds. The number of phenolic OH excluding ortho intramolecular Hbond substituents is 1. The molecular formula is C15H13FO5. The van der Waals surface area contributed by atoms with Gasteiger partial charge in [-0.2, -0.15) is 0 Å². The minimum Gasteiger partial charge on any atom is -0.507 e. The van der Waals surface area contributed by atoms with Gasteiger partial charge in [-0.1, -0.05) is 0 Å². The molecule has 0 fully saturated rings. The van der Waals surface area contributed by atoms with Crippen molar-refractivity contribution < 1.29 is 28.9 Å². The maximum atomic E-state index is 13.4. The lowest BCUT2D eigenvalue weighted by molar-refractivity contribution is 0.0696. The molecule has 2 aromatic carbocycles. The Morgan fingerprint density at radius 2 is 1.81 bits per heavy atom. The number of hydrogen-bond donors (Lipinski definition) is 2. The molecular weight excluding hydrogens is 279 g/mol. The number of rotatable bonds is 4. The predicted molar refractivity (Wildman–Crippen MR) is 73.6 cm³/mol. The van der Waals surface area contributed by atoms with Crippen LogP contribution in [0.15, 0.2) is 30.3 Å². The van der Waals surface area contributed by atoms with Gasteiger partial charge in [0, 0.05) is 11.1 Å². The van der Waals surface area contributed by atoms with Crippen LogP contribution in [0.1, 0.15) is 10.4 Å². The quantitative estimate of drug-likeness (QED) is 0.906. The monoisotopic (exact) mass is 292 g/mol. The third kappa shape index (κ3) is 2.74. The predicted octanol–water partition coefficient (Wildman–Crippen LogP) is 2.91. The number of benzene rings is 2. The van der Waals surface area contributed by atoms with Gasteiger partial charge in [0.05, 0.1) is 19.8 Å². The maximum Gasteiger partial charge on any atom is 0.335 e. The van der Waals surface area contributed by atoms with Gasteiger partial charge in [0.1, 0.15) is 11.6 Å². The van der Waals surface area contributed by atoms with Gasteiger partial charge in [-0.3, -0.25) is 0 Å². The molecule has 0 unspecified atom stereocenters. The highest BCUT2D eigenvalue weighted by Gasteiger charge is 2.19. The molecule has 0 spiro atoms. The van der Waals surface area contributed by atoms with Crippen LogP contribution in [-0.2, 0) is 0 Å². The van der Waals surface area contributed by atoms with Crippen molar-refractivity contribution in [2.45, 2.75) is 0 Å². The number of halogens is 1. The fourth-order valence-corrected chi connectivity index (χ4v) is 2.01. The smallest absolute Gasteiger partial charge is 0.335 e. The van der Waals surface area contributed by atoms with Crippen LogP contribution in [0, 0.1) is 5.82 Å². The van der Waals surface area contributed by atoms with E-state index in [0.29, 0.717) is 0 Å². The SMILES string of the molecule is COc1cc(C(=O)O)cc(-c2cc(F)ccc2O)c1OC. The third-order valence-electron chi connectivity index (χ3n) is 2.97. The number of methoxy groups -OCH3 is 2. The van der Waals surface area contributed by atoms with Gasteiger partial charge in [-0.05, 0) is 30.3 Å². The Hall–Kier alpha value is -2.76. The minimum atomic E-state index is -1.17. The molecule has 21 heavy (non-hydrogen) atoms. The number of aromatic carboxylic acids is 1. The summed E-state index contributed by atoms with van der Waals surface area (Å²) < 4.78 is 23.7. The van der Waals surface area contributed by atoms with Gasteiger partial charge in [0.2, 0.25) is 0 Å². The van der Waals surface area contributed by atoms with Gasteiger partial charge in [-0.15, -0.1) is 0 Å². The molecule has 0 radical (unpaired) electrons. The van der Waals surface area contributed by atoms with Crippen LogP contribution < -0.4 is 9.47 Å². The number of phenols is 1. The number of carboxylic acids is 1. The fourth-order valence-electron chi connectivity index (χ4n) is 2.01. The standard InChI is InChI=1S/C15H13FO5/c1-20-13-6-8(15(18)19)5-11(14(13)21-2)10-7-9(16)3-4-12(10)17/h3-7,17H,1-2H3,(H,18,19). The highest BCUT2D eigenvalue weighted by atomic mass is 19.1. The number of carboxylic acid groups (broad SMARTS) is 1. The van der Waals surface area contributed by atoms with Gasteiger partial charge in [-0.25, -0.2) is 9.18 Å². The summed E-state index contributed by atoms with van der Waals surface area (Å²) in [6.45, 7) is 0. The van der Waals surface area contributed by atoms with Crippen molar-refractivity contribution in [1.82, 2.24) is 0 Å². The van der Waals surface area contributed by atoms with Crippen LogP contribution in [-0.4, -0.2) is 30.4 Å². The number of hydrogen-bond acceptors (Lipinski definition) is 4. The minimum absolute atomic E-state index is 0.0636. The molecule has 2 rings (SSSR count). The van der Waals surface area contributed by atoms with Crippen molar-refractivity contribution >= 4 is 5.97 Å². The normalized spacial score (nSPS) is 10.2. The first-order chi connectivity index (χ1) is 9.97. The van der Waals surface area contributed by atoms with Gasteiger partial charge in [0.25, 0.3) is 0 Å². The second-order valence-electron chi connectivity index (χ2n) is 4.23. The number of ether oxygens (including phenoxy) is 2. The lowest BCUT2D eigenvalue weighted by atomic mass is 10.00. The molecule has 110 valence electrons. The van der Waals surface area contributed by atoms with Crippen LogP contribution in [0.2, 0.25) is 0 Å². The van der Waals surface area contributed by atoms with E-state index >= 15 is 0 Å². The van der Waals surface area contributed by atoms with Crippen LogP contribution >= 0.6 is 0 Å². The van der Waals surface area contributed by atoms with Crippen LogP contribution in [0.3, 0.4) is 0 Å². The molecule has 2 aromatic rings. The van der Waals surface area contributed by atoms with Crippen LogP contribution in [0.25, 0.3) is 11.1 Å². The topological polar surface area (TPSA) is 76.0 Å².